The lowest BCUT2D eigenvalue weighted by Gasteiger charge is -2.10. The molecule has 82 valence electrons. The number of rotatable bonds is 3. The Bertz CT molecular complexity index is 348. The Balaban J connectivity index is 2.32. The van der Waals surface area contributed by atoms with Crippen LogP contribution in [0.1, 0.15) is 42.7 Å². The topological polar surface area (TPSA) is 35.2 Å². The fourth-order valence-corrected chi connectivity index (χ4v) is 2.63. The summed E-state index contributed by atoms with van der Waals surface area (Å²) < 4.78 is 5.26. The number of methoxy groups -OCH3 is 1. The lowest BCUT2D eigenvalue weighted by Crippen LogP contribution is -2.04. The van der Waals surface area contributed by atoms with Crippen LogP contribution in [0.2, 0.25) is 0 Å². The molecule has 2 nitrogen and oxygen atoms in total. The van der Waals surface area contributed by atoms with Gasteiger partial charge in [-0.2, -0.15) is 0 Å². The number of ether oxygens (including phenoxy) is 1. The van der Waals surface area contributed by atoms with Crippen molar-refractivity contribution >= 4 is 0 Å². The minimum Gasteiger partial charge on any atom is -0.497 e. The molecule has 2 atom stereocenters. The lowest BCUT2D eigenvalue weighted by molar-refractivity contribution is 0.414. The molecule has 0 spiro atoms. The first-order chi connectivity index (χ1) is 7.26. The number of nitrogens with two attached hydrogens (primary N) is 1. The maximum absolute atomic E-state index is 5.64. The van der Waals surface area contributed by atoms with Crippen molar-refractivity contribution in [3.63, 3.8) is 0 Å². The molecule has 0 saturated heterocycles. The van der Waals surface area contributed by atoms with E-state index in [0.29, 0.717) is 11.8 Å². The Morgan fingerprint density at radius 1 is 1.40 bits per heavy atom. The van der Waals surface area contributed by atoms with Crippen molar-refractivity contribution in [2.75, 3.05) is 13.7 Å². The summed E-state index contributed by atoms with van der Waals surface area (Å²) in [7, 11) is 1.72. The minimum absolute atomic E-state index is 0.645. The molecule has 0 bridgehead atoms. The van der Waals surface area contributed by atoms with E-state index in [0.717, 1.165) is 18.7 Å². The van der Waals surface area contributed by atoms with Crippen LogP contribution in [0.4, 0.5) is 0 Å². The van der Waals surface area contributed by atoms with Gasteiger partial charge in [0.05, 0.1) is 7.11 Å². The zero-order valence-corrected chi connectivity index (χ0v) is 9.49. The van der Waals surface area contributed by atoms with Gasteiger partial charge >= 0.3 is 0 Å². The van der Waals surface area contributed by atoms with Gasteiger partial charge in [-0.3, -0.25) is 0 Å². The third-order valence-corrected chi connectivity index (χ3v) is 3.42. The zero-order valence-electron chi connectivity index (χ0n) is 9.49. The van der Waals surface area contributed by atoms with E-state index >= 15 is 0 Å². The van der Waals surface area contributed by atoms with Crippen LogP contribution >= 0.6 is 0 Å². The van der Waals surface area contributed by atoms with Gasteiger partial charge in [-0.05, 0) is 54.5 Å². The molecule has 15 heavy (non-hydrogen) atoms. The smallest absolute Gasteiger partial charge is 0.119 e. The Hall–Kier alpha value is -1.02. The second kappa shape index (κ2) is 4.23. The first-order valence-corrected chi connectivity index (χ1v) is 5.64. The number of hydrogen-bond donors (Lipinski definition) is 1. The second-order valence-corrected chi connectivity index (χ2v) is 4.41. The van der Waals surface area contributed by atoms with E-state index in [-0.39, 0.29) is 0 Å². The fraction of sp³-hybridized carbons (Fsp3) is 0.538. The van der Waals surface area contributed by atoms with Gasteiger partial charge in [-0.1, -0.05) is 13.0 Å². The maximum atomic E-state index is 5.64. The van der Waals surface area contributed by atoms with Crippen LogP contribution in [-0.2, 0) is 0 Å². The first kappa shape index (κ1) is 10.5. The molecule has 2 unspecified atom stereocenters. The van der Waals surface area contributed by atoms with Crippen LogP contribution < -0.4 is 10.5 Å². The monoisotopic (exact) mass is 205 g/mol. The molecule has 1 aromatic rings. The Labute approximate surface area is 91.4 Å². The van der Waals surface area contributed by atoms with E-state index in [1.165, 1.54) is 17.5 Å². The molecule has 2 rings (SSSR count). The van der Waals surface area contributed by atoms with E-state index in [1.807, 2.05) is 0 Å². The van der Waals surface area contributed by atoms with Gasteiger partial charge in [-0.25, -0.2) is 0 Å². The lowest BCUT2D eigenvalue weighted by atomic mass is 9.98. The maximum Gasteiger partial charge on any atom is 0.119 e. The van der Waals surface area contributed by atoms with E-state index in [4.69, 9.17) is 10.5 Å². The van der Waals surface area contributed by atoms with Crippen molar-refractivity contribution in [1.82, 2.24) is 0 Å². The normalized spacial score (nSPS) is 23.9. The van der Waals surface area contributed by atoms with E-state index in [2.05, 4.69) is 25.1 Å². The highest BCUT2D eigenvalue weighted by atomic mass is 16.5. The van der Waals surface area contributed by atoms with Crippen molar-refractivity contribution in [2.45, 2.75) is 31.6 Å². The predicted octanol–water partition coefficient (Wildman–Crippen LogP) is 2.63. The molecular formula is C13H19NO. The molecule has 0 amide bonds. The summed E-state index contributed by atoms with van der Waals surface area (Å²) in [5.74, 6) is 2.27. The predicted molar refractivity (Wildman–Crippen MR) is 62.4 cm³/mol. The average Bonchev–Trinajstić information content (AvgIpc) is 2.56. The molecular weight excluding hydrogens is 186 g/mol. The van der Waals surface area contributed by atoms with Crippen molar-refractivity contribution < 1.29 is 4.74 Å². The fourth-order valence-electron chi connectivity index (χ4n) is 2.63. The average molecular weight is 205 g/mol. The Kier molecular flexibility index (Phi) is 2.96. The zero-order chi connectivity index (χ0) is 10.8. The summed E-state index contributed by atoms with van der Waals surface area (Å²) in [5, 5.41) is 0. The molecule has 1 aromatic carbocycles. The van der Waals surface area contributed by atoms with Crippen LogP contribution in [0.15, 0.2) is 18.2 Å². The highest BCUT2D eigenvalue weighted by molar-refractivity contribution is 5.43. The van der Waals surface area contributed by atoms with Crippen molar-refractivity contribution in [1.29, 1.82) is 0 Å². The number of fused-ring (bicyclic) bond motifs is 1. The van der Waals surface area contributed by atoms with Crippen LogP contribution in [0.25, 0.3) is 0 Å². The standard InChI is InChI=1S/C13H19NO/c1-9-7-10(5-6-14)12-4-3-11(15-2)8-13(9)12/h3-4,8-10H,5-7,14H2,1-2H3. The summed E-state index contributed by atoms with van der Waals surface area (Å²) in [6.07, 6.45) is 2.34. The summed E-state index contributed by atoms with van der Waals surface area (Å²) in [4.78, 5) is 0. The SMILES string of the molecule is COc1ccc2c(c1)C(C)CC2CCN. The second-order valence-electron chi connectivity index (χ2n) is 4.41. The van der Waals surface area contributed by atoms with Crippen LogP contribution in [0, 0.1) is 0 Å². The van der Waals surface area contributed by atoms with Gasteiger partial charge in [0.2, 0.25) is 0 Å². The van der Waals surface area contributed by atoms with Crippen molar-refractivity contribution in [2.24, 2.45) is 5.73 Å². The molecule has 0 aromatic heterocycles. The molecule has 1 aliphatic carbocycles. The first-order valence-electron chi connectivity index (χ1n) is 5.64. The van der Waals surface area contributed by atoms with Gasteiger partial charge in [-0.15, -0.1) is 0 Å². The van der Waals surface area contributed by atoms with Crippen LogP contribution in [-0.4, -0.2) is 13.7 Å². The van der Waals surface area contributed by atoms with Gasteiger partial charge in [0, 0.05) is 0 Å². The third-order valence-electron chi connectivity index (χ3n) is 3.42. The molecule has 1 aliphatic rings. The molecule has 2 heteroatoms. The van der Waals surface area contributed by atoms with Crippen LogP contribution in [0.3, 0.4) is 0 Å². The van der Waals surface area contributed by atoms with E-state index in [9.17, 15) is 0 Å². The third kappa shape index (κ3) is 1.86. The highest BCUT2D eigenvalue weighted by Crippen LogP contribution is 2.44. The number of hydrogen-bond acceptors (Lipinski definition) is 2. The summed E-state index contributed by atoms with van der Waals surface area (Å²) in [5.41, 5.74) is 8.57. The Morgan fingerprint density at radius 3 is 2.87 bits per heavy atom. The molecule has 0 saturated carbocycles. The summed E-state index contributed by atoms with van der Waals surface area (Å²) in [6.45, 7) is 3.07. The Morgan fingerprint density at radius 2 is 2.20 bits per heavy atom. The van der Waals surface area contributed by atoms with Gasteiger partial charge in [0.1, 0.15) is 5.75 Å². The molecule has 0 heterocycles. The van der Waals surface area contributed by atoms with Gasteiger partial charge < -0.3 is 10.5 Å². The molecule has 0 aliphatic heterocycles. The van der Waals surface area contributed by atoms with Crippen molar-refractivity contribution in [3.8, 4) is 5.75 Å². The number of benzene rings is 1. The van der Waals surface area contributed by atoms with E-state index in [1.54, 1.807) is 7.11 Å². The largest absolute Gasteiger partial charge is 0.497 e. The summed E-state index contributed by atoms with van der Waals surface area (Å²) >= 11 is 0. The molecule has 2 N–H and O–H groups in total. The highest BCUT2D eigenvalue weighted by Gasteiger charge is 2.27. The quantitative estimate of drug-likeness (QED) is 0.823. The summed E-state index contributed by atoms with van der Waals surface area (Å²) in [6, 6.07) is 6.44. The van der Waals surface area contributed by atoms with Gasteiger partial charge in [0.15, 0.2) is 0 Å². The minimum atomic E-state index is 0.645. The van der Waals surface area contributed by atoms with Crippen LogP contribution in [0.5, 0.6) is 5.75 Å². The molecule has 0 fully saturated rings. The van der Waals surface area contributed by atoms with Gasteiger partial charge in [0.25, 0.3) is 0 Å². The van der Waals surface area contributed by atoms with E-state index < -0.39 is 0 Å². The molecule has 0 radical (unpaired) electrons. The van der Waals surface area contributed by atoms with Crippen molar-refractivity contribution in [3.05, 3.63) is 29.3 Å².